The predicted molar refractivity (Wildman–Crippen MR) is 93.9 cm³/mol. The first-order valence-corrected chi connectivity index (χ1v) is 8.04. The van der Waals surface area contributed by atoms with Gasteiger partial charge < -0.3 is 15.5 Å². The molecule has 0 bridgehead atoms. The zero-order chi connectivity index (χ0) is 18.8. The fourth-order valence-electron chi connectivity index (χ4n) is 2.31. The molecule has 3 rings (SSSR count). The quantitative estimate of drug-likeness (QED) is 0.659. The minimum atomic E-state index is -0.741. The van der Waals surface area contributed by atoms with Gasteiger partial charge in [-0.25, -0.2) is 9.97 Å². The number of halogens is 1. The molecule has 9 nitrogen and oxygen atoms in total. The van der Waals surface area contributed by atoms with Crippen LogP contribution in [-0.2, 0) is 6.54 Å². The van der Waals surface area contributed by atoms with Gasteiger partial charge in [-0.1, -0.05) is 11.6 Å². The van der Waals surface area contributed by atoms with Crippen molar-refractivity contribution in [2.24, 2.45) is 5.73 Å². The maximum absolute atomic E-state index is 12.4. The molecule has 26 heavy (non-hydrogen) atoms. The van der Waals surface area contributed by atoms with Crippen molar-refractivity contribution in [3.05, 3.63) is 46.8 Å². The average Bonchev–Trinajstić information content (AvgIpc) is 3.20. The van der Waals surface area contributed by atoms with Gasteiger partial charge in [0.15, 0.2) is 11.4 Å². The summed E-state index contributed by atoms with van der Waals surface area (Å²) in [5, 5.41) is 6.87. The first kappa shape index (κ1) is 17.6. The maximum Gasteiger partial charge on any atom is 0.277 e. The molecule has 0 radical (unpaired) electrons. The number of hydrogen-bond donors (Lipinski definition) is 2. The molecule has 3 aromatic rings. The van der Waals surface area contributed by atoms with Crippen molar-refractivity contribution in [1.29, 1.82) is 0 Å². The Kier molecular flexibility index (Phi) is 4.72. The van der Waals surface area contributed by atoms with Gasteiger partial charge in [-0.3, -0.25) is 14.3 Å². The molecule has 0 atom stereocenters. The lowest BCUT2D eigenvalue weighted by atomic mass is 10.2. The Balaban J connectivity index is 1.85. The van der Waals surface area contributed by atoms with Crippen LogP contribution in [0.3, 0.4) is 0 Å². The number of oxazole rings is 1. The van der Waals surface area contributed by atoms with E-state index >= 15 is 0 Å². The van der Waals surface area contributed by atoms with Crippen molar-refractivity contribution in [1.82, 2.24) is 19.7 Å². The van der Waals surface area contributed by atoms with Gasteiger partial charge in [-0.2, -0.15) is 5.10 Å². The zero-order valence-electron chi connectivity index (χ0n) is 14.0. The summed E-state index contributed by atoms with van der Waals surface area (Å²) < 4.78 is 6.84. The number of anilines is 1. The Morgan fingerprint density at radius 3 is 2.77 bits per heavy atom. The lowest BCUT2D eigenvalue weighted by Gasteiger charge is -2.00. The molecule has 0 aliphatic rings. The number of pyridine rings is 1. The van der Waals surface area contributed by atoms with Crippen LogP contribution in [0.5, 0.6) is 0 Å². The van der Waals surface area contributed by atoms with Crippen LogP contribution in [0.1, 0.15) is 33.6 Å². The third-order valence-electron chi connectivity index (χ3n) is 3.47. The highest BCUT2D eigenvalue weighted by Gasteiger charge is 2.19. The first-order chi connectivity index (χ1) is 12.4. The molecule has 3 aromatic heterocycles. The second-order valence-corrected chi connectivity index (χ2v) is 5.81. The van der Waals surface area contributed by atoms with Gasteiger partial charge in [-0.05, 0) is 26.0 Å². The number of nitrogens with zero attached hydrogens (tertiary/aromatic N) is 4. The number of hydrogen-bond acceptors (Lipinski definition) is 6. The second kappa shape index (κ2) is 6.96. The molecule has 10 heteroatoms. The minimum Gasteiger partial charge on any atom is -0.444 e. The smallest absolute Gasteiger partial charge is 0.277 e. The topological polar surface area (TPSA) is 129 Å². The molecule has 0 aliphatic carbocycles. The normalized spacial score (nSPS) is 10.7. The van der Waals surface area contributed by atoms with Gasteiger partial charge in [0.25, 0.3) is 11.8 Å². The standard InChI is InChI=1S/C16H15ClN6O3/c1-3-23-6-10(13(22-23)14(18)24)20-15(25)11-7-26-16(21-11)9-4-8(2)19-12(17)5-9/h4-7H,3H2,1-2H3,(H2,18,24)(H,20,25). The molecule has 0 saturated heterocycles. The maximum atomic E-state index is 12.4. The highest BCUT2D eigenvalue weighted by molar-refractivity contribution is 6.29. The van der Waals surface area contributed by atoms with E-state index in [1.807, 2.05) is 6.92 Å². The van der Waals surface area contributed by atoms with Gasteiger partial charge in [0.2, 0.25) is 5.89 Å². The van der Waals surface area contributed by atoms with Gasteiger partial charge in [0, 0.05) is 24.0 Å². The van der Waals surface area contributed by atoms with E-state index in [9.17, 15) is 9.59 Å². The van der Waals surface area contributed by atoms with Crippen LogP contribution in [0.15, 0.2) is 29.0 Å². The molecular weight excluding hydrogens is 360 g/mol. The lowest BCUT2D eigenvalue weighted by molar-refractivity contribution is 0.0995. The molecule has 0 aliphatic heterocycles. The van der Waals surface area contributed by atoms with E-state index in [0.717, 1.165) is 0 Å². The van der Waals surface area contributed by atoms with Gasteiger partial charge in [0.05, 0.1) is 5.69 Å². The van der Waals surface area contributed by atoms with E-state index < -0.39 is 11.8 Å². The highest BCUT2D eigenvalue weighted by atomic mass is 35.5. The molecule has 0 fully saturated rings. The Labute approximate surface area is 153 Å². The largest absolute Gasteiger partial charge is 0.444 e. The van der Waals surface area contributed by atoms with Crippen molar-refractivity contribution in [3.63, 3.8) is 0 Å². The number of amides is 2. The van der Waals surface area contributed by atoms with E-state index in [1.165, 1.54) is 17.1 Å². The monoisotopic (exact) mass is 374 g/mol. The van der Waals surface area contributed by atoms with Crippen molar-refractivity contribution >= 4 is 29.1 Å². The van der Waals surface area contributed by atoms with Gasteiger partial charge in [-0.15, -0.1) is 0 Å². The van der Waals surface area contributed by atoms with Crippen molar-refractivity contribution < 1.29 is 14.0 Å². The van der Waals surface area contributed by atoms with Crippen LogP contribution >= 0.6 is 11.6 Å². The number of nitrogens with two attached hydrogens (primary N) is 1. The van der Waals surface area contributed by atoms with Crippen LogP contribution in [0.25, 0.3) is 11.5 Å². The molecular formula is C16H15ClN6O3. The summed E-state index contributed by atoms with van der Waals surface area (Å²) in [6.07, 6.45) is 2.73. The molecule has 0 spiro atoms. The number of rotatable bonds is 5. The fourth-order valence-corrected chi connectivity index (χ4v) is 2.56. The van der Waals surface area contributed by atoms with E-state index in [2.05, 4.69) is 20.4 Å². The van der Waals surface area contributed by atoms with Gasteiger partial charge in [0.1, 0.15) is 11.4 Å². The van der Waals surface area contributed by atoms with Crippen LogP contribution < -0.4 is 11.1 Å². The molecule has 0 saturated carbocycles. The zero-order valence-corrected chi connectivity index (χ0v) is 14.7. The number of aryl methyl sites for hydroxylation is 2. The molecule has 3 N–H and O–H groups in total. The number of carbonyl (C=O) groups excluding carboxylic acids is 2. The van der Waals surface area contributed by atoms with Crippen LogP contribution in [-0.4, -0.2) is 31.6 Å². The highest BCUT2D eigenvalue weighted by Crippen LogP contribution is 2.23. The minimum absolute atomic E-state index is 0.0274. The summed E-state index contributed by atoms with van der Waals surface area (Å²) in [5.74, 6) is -1.08. The van der Waals surface area contributed by atoms with E-state index in [4.69, 9.17) is 21.8 Å². The first-order valence-electron chi connectivity index (χ1n) is 7.66. The van der Waals surface area contributed by atoms with Gasteiger partial charge >= 0.3 is 0 Å². The van der Waals surface area contributed by atoms with Crippen LogP contribution in [0.4, 0.5) is 5.69 Å². The number of aromatic nitrogens is 4. The predicted octanol–water partition coefficient (Wildman–Crippen LogP) is 2.27. The van der Waals surface area contributed by atoms with E-state index in [1.54, 1.807) is 19.1 Å². The Bertz CT molecular complexity index is 974. The summed E-state index contributed by atoms with van der Waals surface area (Å²) >= 11 is 5.93. The number of nitrogens with one attached hydrogen (secondary N) is 1. The third-order valence-corrected chi connectivity index (χ3v) is 3.67. The second-order valence-electron chi connectivity index (χ2n) is 5.42. The van der Waals surface area contributed by atoms with Crippen molar-refractivity contribution in [2.45, 2.75) is 20.4 Å². The fraction of sp³-hybridized carbons (Fsp3) is 0.188. The summed E-state index contributed by atoms with van der Waals surface area (Å²) in [5.41, 5.74) is 6.78. The SMILES string of the molecule is CCn1cc(NC(=O)c2coc(-c3cc(C)nc(Cl)c3)n2)c(C(N)=O)n1. The molecule has 2 amide bonds. The Morgan fingerprint density at radius 1 is 1.35 bits per heavy atom. The third kappa shape index (κ3) is 3.57. The van der Waals surface area contributed by atoms with Crippen molar-refractivity contribution in [3.8, 4) is 11.5 Å². The summed E-state index contributed by atoms with van der Waals surface area (Å²) in [6.45, 7) is 4.14. The Hall–Kier alpha value is -3.20. The Morgan fingerprint density at radius 2 is 2.12 bits per heavy atom. The molecule has 134 valence electrons. The van der Waals surface area contributed by atoms with E-state index in [-0.39, 0.29) is 23.0 Å². The van der Waals surface area contributed by atoms with Crippen LogP contribution in [0, 0.1) is 6.92 Å². The number of carbonyl (C=O) groups is 2. The summed E-state index contributed by atoms with van der Waals surface area (Å²) in [7, 11) is 0. The summed E-state index contributed by atoms with van der Waals surface area (Å²) in [4.78, 5) is 32.1. The van der Waals surface area contributed by atoms with E-state index in [0.29, 0.717) is 23.0 Å². The average molecular weight is 375 g/mol. The molecule has 3 heterocycles. The molecule has 0 unspecified atom stereocenters. The number of primary amides is 1. The van der Waals surface area contributed by atoms with Crippen molar-refractivity contribution in [2.75, 3.05) is 5.32 Å². The van der Waals surface area contributed by atoms with Crippen LogP contribution in [0.2, 0.25) is 5.15 Å². The lowest BCUT2D eigenvalue weighted by Crippen LogP contribution is -2.18. The summed E-state index contributed by atoms with van der Waals surface area (Å²) in [6, 6.07) is 3.31. The molecule has 0 aromatic carbocycles.